The highest BCUT2D eigenvalue weighted by molar-refractivity contribution is 5.55. The Morgan fingerprint density at radius 1 is 1.88 bits per heavy atom. The zero-order valence-electron chi connectivity index (χ0n) is 4.68. The number of allylic oxidation sites excluding steroid dienone is 1. The van der Waals surface area contributed by atoms with Gasteiger partial charge in [0.2, 0.25) is 0 Å². The number of aromatic amines is 1. The Kier molecular flexibility index (Phi) is 1.12. The number of rotatable bonds is 1. The number of nitrogens with one attached hydrogen (secondary N) is 1. The summed E-state index contributed by atoms with van der Waals surface area (Å²) in [6.07, 6.45) is 1.64. The van der Waals surface area contributed by atoms with Crippen molar-refractivity contribution in [3.05, 3.63) is 18.5 Å². The van der Waals surface area contributed by atoms with Gasteiger partial charge in [0.05, 0.1) is 6.20 Å². The van der Waals surface area contributed by atoms with Gasteiger partial charge >= 0.3 is 0 Å². The average molecular weight is 109 g/mol. The number of aromatic nitrogens is 3. The van der Waals surface area contributed by atoms with E-state index in [1.54, 1.807) is 6.20 Å². The molecule has 1 rings (SSSR count). The lowest BCUT2D eigenvalue weighted by molar-refractivity contribution is 0.935. The molecule has 0 bridgehead atoms. The second-order valence-corrected chi connectivity index (χ2v) is 1.64. The summed E-state index contributed by atoms with van der Waals surface area (Å²) in [6.45, 7) is 5.56. The molecule has 0 unspecified atom stereocenters. The van der Waals surface area contributed by atoms with Gasteiger partial charge in [0.1, 0.15) is 5.69 Å². The molecule has 1 N–H and O–H groups in total. The van der Waals surface area contributed by atoms with E-state index < -0.39 is 0 Å². The van der Waals surface area contributed by atoms with Crippen molar-refractivity contribution in [2.45, 2.75) is 6.92 Å². The second-order valence-electron chi connectivity index (χ2n) is 1.64. The van der Waals surface area contributed by atoms with Crippen LogP contribution in [0.1, 0.15) is 12.6 Å². The molecular weight excluding hydrogens is 102 g/mol. The number of nitrogens with zero attached hydrogens (tertiary/aromatic N) is 2. The number of H-pyrrole nitrogens is 1. The molecule has 0 aliphatic heterocycles. The zero-order valence-corrected chi connectivity index (χ0v) is 4.68. The minimum absolute atomic E-state index is 0.824. The van der Waals surface area contributed by atoms with Crippen molar-refractivity contribution in [2.24, 2.45) is 0 Å². The third kappa shape index (κ3) is 0.753. The molecule has 3 heteroatoms. The van der Waals surface area contributed by atoms with Crippen LogP contribution in [-0.2, 0) is 0 Å². The van der Waals surface area contributed by atoms with E-state index in [1.807, 2.05) is 6.92 Å². The van der Waals surface area contributed by atoms with Crippen LogP contribution in [0.4, 0.5) is 0 Å². The lowest BCUT2D eigenvalue weighted by Crippen LogP contribution is -1.74. The molecule has 0 aliphatic carbocycles. The van der Waals surface area contributed by atoms with E-state index in [0.717, 1.165) is 11.3 Å². The fraction of sp³-hybridized carbons (Fsp3) is 0.200. The molecule has 0 atom stereocenters. The van der Waals surface area contributed by atoms with Crippen molar-refractivity contribution in [1.82, 2.24) is 15.4 Å². The van der Waals surface area contributed by atoms with Gasteiger partial charge < -0.3 is 0 Å². The summed E-state index contributed by atoms with van der Waals surface area (Å²) in [5.74, 6) is 0. The molecule has 1 heterocycles. The van der Waals surface area contributed by atoms with Crippen molar-refractivity contribution in [2.75, 3.05) is 0 Å². The minimum atomic E-state index is 0.824. The van der Waals surface area contributed by atoms with Gasteiger partial charge in [0.25, 0.3) is 0 Å². The van der Waals surface area contributed by atoms with Gasteiger partial charge in [-0.1, -0.05) is 6.58 Å². The normalized spacial score (nSPS) is 9.12. The van der Waals surface area contributed by atoms with E-state index in [-0.39, 0.29) is 0 Å². The summed E-state index contributed by atoms with van der Waals surface area (Å²) in [5.41, 5.74) is 1.75. The van der Waals surface area contributed by atoms with Crippen LogP contribution in [0.5, 0.6) is 0 Å². The van der Waals surface area contributed by atoms with Crippen molar-refractivity contribution in [1.29, 1.82) is 0 Å². The molecule has 0 aliphatic rings. The fourth-order valence-corrected chi connectivity index (χ4v) is 0.407. The highest BCUT2D eigenvalue weighted by Crippen LogP contribution is 2.02. The zero-order chi connectivity index (χ0) is 5.98. The smallest absolute Gasteiger partial charge is 0.107 e. The van der Waals surface area contributed by atoms with Crippen LogP contribution in [-0.4, -0.2) is 15.4 Å². The van der Waals surface area contributed by atoms with Crippen LogP contribution >= 0.6 is 0 Å². The molecule has 0 aromatic carbocycles. The Hall–Kier alpha value is -1.12. The Morgan fingerprint density at radius 2 is 2.62 bits per heavy atom. The Morgan fingerprint density at radius 3 is 2.88 bits per heavy atom. The van der Waals surface area contributed by atoms with Crippen LogP contribution in [0.3, 0.4) is 0 Å². The quantitative estimate of drug-likeness (QED) is 0.580. The maximum absolute atomic E-state index is 3.78. The largest absolute Gasteiger partial charge is 0.197 e. The van der Waals surface area contributed by atoms with Gasteiger partial charge in [-0.2, -0.15) is 15.4 Å². The monoisotopic (exact) mass is 109 g/mol. The van der Waals surface area contributed by atoms with Gasteiger partial charge in [0, 0.05) is 0 Å². The third-order valence-electron chi connectivity index (χ3n) is 0.852. The highest BCUT2D eigenvalue weighted by Gasteiger charge is 1.91. The first-order chi connectivity index (χ1) is 3.80. The van der Waals surface area contributed by atoms with Crippen molar-refractivity contribution < 1.29 is 0 Å². The number of hydrogen-bond acceptors (Lipinski definition) is 2. The van der Waals surface area contributed by atoms with Crippen LogP contribution in [0.25, 0.3) is 5.57 Å². The minimum Gasteiger partial charge on any atom is -0.197 e. The maximum atomic E-state index is 3.78. The lowest BCUT2D eigenvalue weighted by atomic mass is 10.3. The van der Waals surface area contributed by atoms with E-state index in [9.17, 15) is 0 Å². The van der Waals surface area contributed by atoms with Gasteiger partial charge in [-0.15, -0.1) is 0 Å². The topological polar surface area (TPSA) is 41.6 Å². The van der Waals surface area contributed by atoms with Crippen molar-refractivity contribution >= 4 is 5.57 Å². The van der Waals surface area contributed by atoms with Crippen molar-refractivity contribution in [3.8, 4) is 0 Å². The maximum Gasteiger partial charge on any atom is 0.107 e. The molecule has 0 saturated carbocycles. The highest BCUT2D eigenvalue weighted by atomic mass is 15.3. The predicted molar refractivity (Wildman–Crippen MR) is 31.1 cm³/mol. The molecule has 1 aromatic heterocycles. The van der Waals surface area contributed by atoms with Crippen LogP contribution < -0.4 is 0 Å². The molecule has 0 radical (unpaired) electrons. The Labute approximate surface area is 47.4 Å². The molecule has 8 heavy (non-hydrogen) atoms. The first-order valence-corrected chi connectivity index (χ1v) is 2.32. The molecule has 0 amide bonds. The molecule has 0 saturated heterocycles. The Balaban J connectivity index is 2.93. The second kappa shape index (κ2) is 1.78. The molecule has 42 valence electrons. The first-order valence-electron chi connectivity index (χ1n) is 2.32. The standard InChI is InChI=1S/C5H7N3/c1-4(2)5-3-6-8-7-5/h3H,1H2,2H3,(H,6,7,8). The van der Waals surface area contributed by atoms with E-state index in [0.29, 0.717) is 0 Å². The average Bonchev–Trinajstić information content (AvgIpc) is 2.12. The molecule has 0 fully saturated rings. The number of hydrogen-bond donors (Lipinski definition) is 1. The van der Waals surface area contributed by atoms with Crippen LogP contribution in [0, 0.1) is 0 Å². The molecule has 0 spiro atoms. The van der Waals surface area contributed by atoms with Gasteiger partial charge in [-0.25, -0.2) is 0 Å². The summed E-state index contributed by atoms with van der Waals surface area (Å²) in [5, 5.41) is 9.88. The Bertz CT molecular complexity index is 176. The van der Waals surface area contributed by atoms with E-state index in [2.05, 4.69) is 22.0 Å². The van der Waals surface area contributed by atoms with Crippen LogP contribution in [0.2, 0.25) is 0 Å². The molecule has 1 aromatic rings. The third-order valence-corrected chi connectivity index (χ3v) is 0.852. The van der Waals surface area contributed by atoms with Gasteiger partial charge in [-0.3, -0.25) is 0 Å². The summed E-state index contributed by atoms with van der Waals surface area (Å²) in [6, 6.07) is 0. The molecule has 3 nitrogen and oxygen atoms in total. The van der Waals surface area contributed by atoms with E-state index in [1.165, 1.54) is 0 Å². The molecular formula is C5H7N3. The van der Waals surface area contributed by atoms with Crippen LogP contribution in [0.15, 0.2) is 12.8 Å². The van der Waals surface area contributed by atoms with E-state index >= 15 is 0 Å². The van der Waals surface area contributed by atoms with Gasteiger partial charge in [0.15, 0.2) is 0 Å². The van der Waals surface area contributed by atoms with Gasteiger partial charge in [-0.05, 0) is 12.5 Å². The summed E-state index contributed by atoms with van der Waals surface area (Å²) < 4.78 is 0. The lowest BCUT2D eigenvalue weighted by Gasteiger charge is -1.83. The SMILES string of the molecule is C=C(C)c1cn[nH]n1. The fourth-order valence-electron chi connectivity index (χ4n) is 0.407. The predicted octanol–water partition coefficient (Wildman–Crippen LogP) is 0.838. The first kappa shape index (κ1) is 5.03. The summed E-state index contributed by atoms with van der Waals surface area (Å²) in [7, 11) is 0. The van der Waals surface area contributed by atoms with E-state index in [4.69, 9.17) is 0 Å². The summed E-state index contributed by atoms with van der Waals surface area (Å²) >= 11 is 0. The van der Waals surface area contributed by atoms with Crippen molar-refractivity contribution in [3.63, 3.8) is 0 Å². The summed E-state index contributed by atoms with van der Waals surface area (Å²) in [4.78, 5) is 0.